The molecule has 3 aliphatic rings. The summed E-state index contributed by atoms with van der Waals surface area (Å²) in [4.78, 5) is 9.42. The van der Waals surface area contributed by atoms with Gasteiger partial charge in [-0.3, -0.25) is 9.80 Å². The van der Waals surface area contributed by atoms with Crippen LogP contribution in [0.3, 0.4) is 0 Å². The van der Waals surface area contributed by atoms with Crippen LogP contribution in [0.15, 0.2) is 11.4 Å². The molecule has 6 nitrogen and oxygen atoms in total. The molecule has 146 valence electrons. The van der Waals surface area contributed by atoms with Gasteiger partial charge in [-0.05, 0) is 38.1 Å². The number of nitrogens with zero attached hydrogens (tertiary/aromatic N) is 4. The molecule has 3 heterocycles. The maximum Gasteiger partial charge on any atom is 0.227 e. The molecule has 7 heteroatoms. The lowest BCUT2D eigenvalue weighted by Gasteiger charge is -2.37. The second kappa shape index (κ2) is 7.60. The Labute approximate surface area is 157 Å². The summed E-state index contributed by atoms with van der Waals surface area (Å²) >= 11 is 0. The van der Waals surface area contributed by atoms with Crippen molar-refractivity contribution in [2.45, 2.75) is 69.2 Å². The first-order chi connectivity index (χ1) is 12.5. The molecular weight excluding hydrogens is 348 g/mol. The molecule has 1 aromatic rings. The van der Waals surface area contributed by atoms with Gasteiger partial charge in [-0.25, -0.2) is 13.4 Å². The summed E-state index contributed by atoms with van der Waals surface area (Å²) in [6.07, 6.45) is 12.0. The number of rotatable bonds is 5. The van der Waals surface area contributed by atoms with E-state index in [1.54, 1.807) is 6.20 Å². The standard InChI is InChI=1S/C19H32N4O2S/c1-26(24,25)19-20-12-18(23(19)13-16-6-3-2-4-7-16)15-21-10-11-22-9-5-8-17(22)14-21/h12,16-17H,2-11,13-15H2,1H3. The summed E-state index contributed by atoms with van der Waals surface area (Å²) in [6, 6.07) is 0.688. The lowest BCUT2D eigenvalue weighted by molar-refractivity contribution is 0.0970. The second-order valence-electron chi connectivity index (χ2n) is 8.49. The van der Waals surface area contributed by atoms with Crippen molar-refractivity contribution >= 4 is 9.84 Å². The predicted molar refractivity (Wildman–Crippen MR) is 102 cm³/mol. The minimum Gasteiger partial charge on any atom is -0.317 e. The van der Waals surface area contributed by atoms with E-state index < -0.39 is 9.84 Å². The zero-order valence-corrected chi connectivity index (χ0v) is 16.8. The van der Waals surface area contributed by atoms with Gasteiger partial charge in [0.2, 0.25) is 15.0 Å². The topological polar surface area (TPSA) is 58.4 Å². The molecule has 0 radical (unpaired) electrons. The Kier molecular flexibility index (Phi) is 5.39. The van der Waals surface area contributed by atoms with E-state index in [0.717, 1.165) is 38.4 Å². The molecule has 3 fully saturated rings. The average molecular weight is 381 g/mol. The van der Waals surface area contributed by atoms with Crippen LogP contribution in [-0.2, 0) is 22.9 Å². The van der Waals surface area contributed by atoms with E-state index in [-0.39, 0.29) is 5.16 Å². The van der Waals surface area contributed by atoms with Crippen molar-refractivity contribution in [3.05, 3.63) is 11.9 Å². The molecule has 4 rings (SSSR count). The molecular formula is C19H32N4O2S. The molecule has 26 heavy (non-hydrogen) atoms. The van der Waals surface area contributed by atoms with Gasteiger partial charge in [0.1, 0.15) is 0 Å². The maximum atomic E-state index is 12.2. The summed E-state index contributed by atoms with van der Waals surface area (Å²) in [7, 11) is -3.29. The first kappa shape index (κ1) is 18.4. The molecule has 1 aromatic heterocycles. The Bertz CT molecular complexity index is 724. The molecule has 2 saturated heterocycles. The molecule has 0 spiro atoms. The van der Waals surface area contributed by atoms with Gasteiger partial charge in [0.25, 0.3) is 0 Å². The van der Waals surface area contributed by atoms with Crippen molar-refractivity contribution in [1.82, 2.24) is 19.4 Å². The SMILES string of the molecule is CS(=O)(=O)c1ncc(CN2CCN3CCCC3C2)n1CC1CCCCC1. The zero-order valence-electron chi connectivity index (χ0n) is 15.9. The summed E-state index contributed by atoms with van der Waals surface area (Å²) in [5, 5.41) is 0.262. The lowest BCUT2D eigenvalue weighted by atomic mass is 9.89. The molecule has 0 N–H and O–H groups in total. The second-order valence-corrected chi connectivity index (χ2v) is 10.4. The summed E-state index contributed by atoms with van der Waals surface area (Å²) in [5.74, 6) is 0.587. The van der Waals surface area contributed by atoms with E-state index in [4.69, 9.17) is 0 Å². The highest BCUT2D eigenvalue weighted by Crippen LogP contribution is 2.28. The number of hydrogen-bond acceptors (Lipinski definition) is 5. The van der Waals surface area contributed by atoms with Crippen LogP contribution in [-0.4, -0.2) is 66.2 Å². The Morgan fingerprint density at radius 3 is 2.65 bits per heavy atom. The summed E-state index contributed by atoms with van der Waals surface area (Å²) in [6.45, 7) is 6.18. The van der Waals surface area contributed by atoms with Gasteiger partial charge >= 0.3 is 0 Å². The van der Waals surface area contributed by atoms with Gasteiger partial charge < -0.3 is 4.57 Å². The molecule has 1 atom stereocenters. The Hall–Kier alpha value is -0.920. The number of aromatic nitrogens is 2. The molecule has 1 unspecified atom stereocenters. The fraction of sp³-hybridized carbons (Fsp3) is 0.842. The van der Waals surface area contributed by atoms with E-state index in [2.05, 4.69) is 14.8 Å². The fourth-order valence-corrected chi connectivity index (χ4v) is 5.90. The Balaban J connectivity index is 1.52. The van der Waals surface area contributed by atoms with Crippen LogP contribution in [0.4, 0.5) is 0 Å². The van der Waals surface area contributed by atoms with Crippen molar-refractivity contribution in [2.75, 3.05) is 32.4 Å². The minimum atomic E-state index is -3.29. The molecule has 0 bridgehead atoms. The van der Waals surface area contributed by atoms with Gasteiger partial charge in [0, 0.05) is 45.0 Å². The van der Waals surface area contributed by atoms with E-state index in [9.17, 15) is 8.42 Å². The molecule has 0 aromatic carbocycles. The van der Waals surface area contributed by atoms with E-state index in [1.165, 1.54) is 57.7 Å². The number of hydrogen-bond donors (Lipinski definition) is 0. The van der Waals surface area contributed by atoms with Crippen molar-refractivity contribution in [2.24, 2.45) is 5.92 Å². The quantitative estimate of drug-likeness (QED) is 0.783. The molecule has 1 aliphatic carbocycles. The summed E-state index contributed by atoms with van der Waals surface area (Å²) < 4.78 is 26.5. The minimum absolute atomic E-state index is 0.262. The van der Waals surface area contributed by atoms with E-state index >= 15 is 0 Å². The van der Waals surface area contributed by atoms with Crippen molar-refractivity contribution < 1.29 is 8.42 Å². The third kappa shape index (κ3) is 3.99. The third-order valence-electron chi connectivity index (χ3n) is 6.46. The highest BCUT2D eigenvalue weighted by atomic mass is 32.2. The molecule has 2 aliphatic heterocycles. The van der Waals surface area contributed by atoms with Gasteiger partial charge in [-0.2, -0.15) is 0 Å². The van der Waals surface area contributed by atoms with Crippen molar-refractivity contribution in [3.8, 4) is 0 Å². The molecule has 1 saturated carbocycles. The van der Waals surface area contributed by atoms with Crippen LogP contribution in [0, 0.1) is 5.92 Å². The van der Waals surface area contributed by atoms with Crippen LogP contribution in [0.25, 0.3) is 0 Å². The monoisotopic (exact) mass is 380 g/mol. The fourth-order valence-electron chi connectivity index (χ4n) is 5.07. The van der Waals surface area contributed by atoms with Crippen LogP contribution < -0.4 is 0 Å². The lowest BCUT2D eigenvalue weighted by Crippen LogP contribution is -2.49. The third-order valence-corrected chi connectivity index (χ3v) is 7.44. The normalized spacial score (nSPS) is 26.3. The molecule has 0 amide bonds. The highest BCUT2D eigenvalue weighted by Gasteiger charge is 2.31. The van der Waals surface area contributed by atoms with Crippen molar-refractivity contribution in [3.63, 3.8) is 0 Å². The van der Waals surface area contributed by atoms with Crippen LogP contribution in [0.1, 0.15) is 50.6 Å². The highest BCUT2D eigenvalue weighted by molar-refractivity contribution is 7.90. The largest absolute Gasteiger partial charge is 0.317 e. The average Bonchev–Trinajstić information content (AvgIpc) is 3.22. The van der Waals surface area contributed by atoms with E-state index in [1.807, 2.05) is 4.57 Å². The van der Waals surface area contributed by atoms with Gasteiger partial charge in [-0.15, -0.1) is 0 Å². The number of fused-ring (bicyclic) bond motifs is 1. The number of sulfone groups is 1. The van der Waals surface area contributed by atoms with Crippen LogP contribution >= 0.6 is 0 Å². The van der Waals surface area contributed by atoms with Gasteiger partial charge in [0.15, 0.2) is 0 Å². The van der Waals surface area contributed by atoms with E-state index in [0.29, 0.717) is 12.0 Å². The Morgan fingerprint density at radius 2 is 1.88 bits per heavy atom. The van der Waals surface area contributed by atoms with Crippen LogP contribution in [0.2, 0.25) is 0 Å². The number of piperazine rings is 1. The number of imidazole rings is 1. The predicted octanol–water partition coefficient (Wildman–Crippen LogP) is 2.15. The summed E-state index contributed by atoms with van der Waals surface area (Å²) in [5.41, 5.74) is 1.07. The first-order valence-corrected chi connectivity index (χ1v) is 12.1. The van der Waals surface area contributed by atoms with Crippen molar-refractivity contribution in [1.29, 1.82) is 0 Å². The van der Waals surface area contributed by atoms with Gasteiger partial charge in [0.05, 0.1) is 11.9 Å². The first-order valence-electron chi connectivity index (χ1n) is 10.2. The zero-order chi connectivity index (χ0) is 18.1. The smallest absolute Gasteiger partial charge is 0.227 e. The maximum absolute atomic E-state index is 12.2. The Morgan fingerprint density at radius 1 is 1.08 bits per heavy atom. The van der Waals surface area contributed by atoms with Crippen LogP contribution in [0.5, 0.6) is 0 Å². The van der Waals surface area contributed by atoms with Gasteiger partial charge in [-0.1, -0.05) is 19.3 Å².